The maximum atomic E-state index is 12.5. The molecule has 1 aliphatic rings. The molecule has 1 aromatic rings. The standard InChI is InChI=1S/C17H24F2N2O3/c1-10-8-13(11(2)21(10)12-6-4-3-5-7-12)16(22)20-14(17(23)24)9-15(18)19/h8,12,14-15H,3-7,9H2,1-2H3,(H,20,22)(H,23,24). The first-order valence-electron chi connectivity index (χ1n) is 8.31. The van der Waals surface area contributed by atoms with Crippen molar-refractivity contribution in [2.75, 3.05) is 0 Å². The van der Waals surface area contributed by atoms with Gasteiger partial charge in [0.15, 0.2) is 0 Å². The number of carbonyl (C=O) groups excluding carboxylic acids is 1. The number of nitrogens with zero attached hydrogens (tertiary/aromatic N) is 1. The van der Waals surface area contributed by atoms with Gasteiger partial charge in [-0.1, -0.05) is 19.3 Å². The molecule has 1 fully saturated rings. The van der Waals surface area contributed by atoms with Crippen LogP contribution in [0.25, 0.3) is 0 Å². The van der Waals surface area contributed by atoms with Crippen LogP contribution >= 0.6 is 0 Å². The normalized spacial score (nSPS) is 17.0. The minimum atomic E-state index is -2.79. The van der Waals surface area contributed by atoms with E-state index in [0.717, 1.165) is 37.1 Å². The molecule has 1 aliphatic carbocycles. The molecule has 0 aromatic carbocycles. The van der Waals surface area contributed by atoms with Crippen molar-refractivity contribution in [1.82, 2.24) is 9.88 Å². The maximum absolute atomic E-state index is 12.5. The number of alkyl halides is 2. The van der Waals surface area contributed by atoms with Gasteiger partial charge in [-0.25, -0.2) is 13.6 Å². The Hall–Kier alpha value is -1.92. The van der Waals surface area contributed by atoms with Crippen LogP contribution in [0.3, 0.4) is 0 Å². The maximum Gasteiger partial charge on any atom is 0.326 e. The molecule has 1 unspecified atom stereocenters. The predicted molar refractivity (Wildman–Crippen MR) is 85.5 cm³/mol. The van der Waals surface area contributed by atoms with E-state index in [4.69, 9.17) is 5.11 Å². The van der Waals surface area contributed by atoms with Gasteiger partial charge in [0.05, 0.1) is 5.56 Å². The number of hydrogen-bond donors (Lipinski definition) is 2. The Morgan fingerprint density at radius 2 is 1.92 bits per heavy atom. The summed E-state index contributed by atoms with van der Waals surface area (Å²) in [6, 6.07) is 0.465. The molecule has 1 amide bonds. The van der Waals surface area contributed by atoms with E-state index in [2.05, 4.69) is 9.88 Å². The Morgan fingerprint density at radius 1 is 1.29 bits per heavy atom. The largest absolute Gasteiger partial charge is 0.480 e. The average Bonchev–Trinajstić information content (AvgIpc) is 2.81. The van der Waals surface area contributed by atoms with Gasteiger partial charge in [-0.05, 0) is 32.8 Å². The molecule has 24 heavy (non-hydrogen) atoms. The van der Waals surface area contributed by atoms with Crippen molar-refractivity contribution >= 4 is 11.9 Å². The zero-order valence-electron chi connectivity index (χ0n) is 14.0. The lowest BCUT2D eigenvalue weighted by atomic mass is 9.95. The number of carboxylic acid groups (broad SMARTS) is 1. The number of rotatable bonds is 6. The summed E-state index contributed by atoms with van der Waals surface area (Å²) in [4.78, 5) is 23.4. The topological polar surface area (TPSA) is 71.3 Å². The molecule has 2 rings (SSSR count). The summed E-state index contributed by atoms with van der Waals surface area (Å²) in [6.07, 6.45) is 1.94. The van der Waals surface area contributed by atoms with Crippen LogP contribution in [0.15, 0.2) is 6.07 Å². The number of carboxylic acids is 1. The monoisotopic (exact) mass is 342 g/mol. The van der Waals surface area contributed by atoms with Crippen molar-refractivity contribution in [2.45, 2.75) is 70.9 Å². The molecule has 2 N–H and O–H groups in total. The highest BCUT2D eigenvalue weighted by atomic mass is 19.3. The van der Waals surface area contributed by atoms with Crippen LogP contribution in [0.1, 0.15) is 66.3 Å². The third-order valence-corrected chi connectivity index (χ3v) is 4.69. The van der Waals surface area contributed by atoms with Crippen LogP contribution in [-0.2, 0) is 4.79 Å². The van der Waals surface area contributed by atoms with E-state index in [0.29, 0.717) is 11.6 Å². The second-order valence-electron chi connectivity index (χ2n) is 6.44. The van der Waals surface area contributed by atoms with E-state index in [9.17, 15) is 18.4 Å². The van der Waals surface area contributed by atoms with E-state index < -0.39 is 30.8 Å². The minimum absolute atomic E-state index is 0.344. The fourth-order valence-electron chi connectivity index (χ4n) is 3.54. The van der Waals surface area contributed by atoms with E-state index in [1.54, 1.807) is 6.07 Å². The van der Waals surface area contributed by atoms with Gasteiger partial charge in [0.1, 0.15) is 6.04 Å². The molecule has 1 heterocycles. The van der Waals surface area contributed by atoms with Crippen LogP contribution in [0.4, 0.5) is 8.78 Å². The van der Waals surface area contributed by atoms with E-state index in [1.807, 2.05) is 13.8 Å². The van der Waals surface area contributed by atoms with Gasteiger partial charge in [0.2, 0.25) is 6.43 Å². The summed E-state index contributed by atoms with van der Waals surface area (Å²) in [5.74, 6) is -2.07. The number of aryl methyl sites for hydroxylation is 1. The summed E-state index contributed by atoms with van der Waals surface area (Å²) in [5, 5.41) is 11.2. The highest BCUT2D eigenvalue weighted by molar-refractivity contribution is 5.97. The van der Waals surface area contributed by atoms with E-state index >= 15 is 0 Å². The predicted octanol–water partition coefficient (Wildman–Crippen LogP) is 3.45. The first-order valence-corrected chi connectivity index (χ1v) is 8.31. The number of hydrogen-bond acceptors (Lipinski definition) is 2. The molecule has 1 atom stereocenters. The fraction of sp³-hybridized carbons (Fsp3) is 0.647. The van der Waals surface area contributed by atoms with Gasteiger partial charge in [-0.15, -0.1) is 0 Å². The molecule has 134 valence electrons. The minimum Gasteiger partial charge on any atom is -0.480 e. The third-order valence-electron chi connectivity index (χ3n) is 4.69. The summed E-state index contributed by atoms with van der Waals surface area (Å²) in [5.41, 5.74) is 2.06. The van der Waals surface area contributed by atoms with Crippen LogP contribution in [0, 0.1) is 13.8 Å². The first kappa shape index (κ1) is 18.4. The zero-order chi connectivity index (χ0) is 17.9. The Bertz CT molecular complexity index is 607. The molecular formula is C17H24F2N2O3. The highest BCUT2D eigenvalue weighted by Gasteiger charge is 2.27. The molecule has 0 spiro atoms. The lowest BCUT2D eigenvalue weighted by Gasteiger charge is -2.26. The molecule has 0 aliphatic heterocycles. The number of aliphatic carboxylic acids is 1. The van der Waals surface area contributed by atoms with Gasteiger partial charge in [0.25, 0.3) is 5.91 Å². The van der Waals surface area contributed by atoms with Crippen molar-refractivity contribution in [2.24, 2.45) is 0 Å². The van der Waals surface area contributed by atoms with Gasteiger partial charge < -0.3 is 15.0 Å². The van der Waals surface area contributed by atoms with Gasteiger partial charge in [-0.2, -0.15) is 0 Å². The molecular weight excluding hydrogens is 318 g/mol. The molecule has 5 nitrogen and oxygen atoms in total. The van der Waals surface area contributed by atoms with Crippen LogP contribution in [0.2, 0.25) is 0 Å². The third kappa shape index (κ3) is 4.13. The lowest BCUT2D eigenvalue weighted by Crippen LogP contribution is -2.42. The summed E-state index contributed by atoms with van der Waals surface area (Å²) >= 11 is 0. The van der Waals surface area contributed by atoms with Gasteiger partial charge in [0, 0.05) is 23.9 Å². The van der Waals surface area contributed by atoms with E-state index in [-0.39, 0.29) is 0 Å². The number of halogens is 2. The van der Waals surface area contributed by atoms with Gasteiger partial charge >= 0.3 is 5.97 Å². The fourth-order valence-corrected chi connectivity index (χ4v) is 3.54. The second-order valence-corrected chi connectivity index (χ2v) is 6.44. The Kier molecular flexibility index (Phi) is 5.96. The summed E-state index contributed by atoms with van der Waals surface area (Å²) < 4.78 is 27.1. The molecule has 0 radical (unpaired) electrons. The van der Waals surface area contributed by atoms with Crippen molar-refractivity contribution in [3.63, 3.8) is 0 Å². The molecule has 1 aromatic heterocycles. The molecule has 1 saturated carbocycles. The molecule has 7 heteroatoms. The smallest absolute Gasteiger partial charge is 0.326 e. The highest BCUT2D eigenvalue weighted by Crippen LogP contribution is 2.32. The number of nitrogens with one attached hydrogen (secondary N) is 1. The van der Waals surface area contributed by atoms with Crippen LogP contribution < -0.4 is 5.32 Å². The Morgan fingerprint density at radius 3 is 2.46 bits per heavy atom. The number of aromatic nitrogens is 1. The van der Waals surface area contributed by atoms with Crippen molar-refractivity contribution in [3.8, 4) is 0 Å². The van der Waals surface area contributed by atoms with Gasteiger partial charge in [-0.3, -0.25) is 4.79 Å². The lowest BCUT2D eigenvalue weighted by molar-refractivity contribution is -0.140. The van der Waals surface area contributed by atoms with Crippen molar-refractivity contribution in [3.05, 3.63) is 23.0 Å². The van der Waals surface area contributed by atoms with Crippen LogP contribution in [-0.4, -0.2) is 34.0 Å². The van der Waals surface area contributed by atoms with Crippen LogP contribution in [0.5, 0.6) is 0 Å². The Balaban J connectivity index is 2.19. The van der Waals surface area contributed by atoms with E-state index in [1.165, 1.54) is 6.42 Å². The quantitative estimate of drug-likeness (QED) is 0.832. The Labute approximate surface area is 140 Å². The summed E-state index contributed by atoms with van der Waals surface area (Å²) in [7, 11) is 0. The van der Waals surface area contributed by atoms with Crippen molar-refractivity contribution in [1.29, 1.82) is 0 Å². The summed E-state index contributed by atoms with van der Waals surface area (Å²) in [6.45, 7) is 3.73. The SMILES string of the molecule is Cc1cc(C(=O)NC(CC(F)F)C(=O)O)c(C)n1C1CCCCC1. The average molecular weight is 342 g/mol. The van der Waals surface area contributed by atoms with Crippen molar-refractivity contribution < 1.29 is 23.5 Å². The number of carbonyl (C=O) groups is 2. The number of amides is 1. The molecule has 0 bridgehead atoms. The zero-order valence-corrected chi connectivity index (χ0v) is 14.0. The first-order chi connectivity index (χ1) is 11.3. The molecule has 0 saturated heterocycles. The second kappa shape index (κ2) is 7.77.